The van der Waals surface area contributed by atoms with Crippen LogP contribution in [0.5, 0.6) is 0 Å². The zero-order valence-electron chi connectivity index (χ0n) is 16.6. The van der Waals surface area contributed by atoms with Crippen LogP contribution in [0, 0.1) is 0 Å². The number of hydrogen-bond acceptors (Lipinski definition) is 3. The quantitative estimate of drug-likeness (QED) is 0.628. The number of piperazine rings is 1. The van der Waals surface area contributed by atoms with Gasteiger partial charge in [0.2, 0.25) is 11.8 Å². The maximum atomic E-state index is 12.4. The monoisotopic (exact) mass is 430 g/mol. The van der Waals surface area contributed by atoms with Crippen molar-refractivity contribution in [2.24, 2.45) is 0 Å². The Hall–Kier alpha value is -1.98. The van der Waals surface area contributed by atoms with Gasteiger partial charge in [0.05, 0.1) is 5.75 Å². The third-order valence-corrected chi connectivity index (χ3v) is 6.33. The molecule has 154 valence electrons. The molecule has 1 aliphatic heterocycles. The number of carbonyl (C=O) groups is 2. The first-order valence-electron chi connectivity index (χ1n) is 10.0. The summed E-state index contributed by atoms with van der Waals surface area (Å²) in [7, 11) is 0. The highest BCUT2D eigenvalue weighted by Crippen LogP contribution is 2.16. The summed E-state index contributed by atoms with van der Waals surface area (Å²) in [6.07, 6.45) is 2.36. The highest BCUT2D eigenvalue weighted by Gasteiger charge is 2.23. The fourth-order valence-electron chi connectivity index (χ4n) is 3.38. The minimum Gasteiger partial charge on any atom is -0.339 e. The Morgan fingerprint density at radius 2 is 1.45 bits per heavy atom. The molecule has 0 aromatic heterocycles. The summed E-state index contributed by atoms with van der Waals surface area (Å²) in [6.45, 7) is 2.53. The van der Waals surface area contributed by atoms with E-state index in [1.165, 1.54) is 5.56 Å². The van der Waals surface area contributed by atoms with Gasteiger partial charge in [-0.05, 0) is 36.1 Å². The molecular weight excluding hydrogens is 404 g/mol. The van der Waals surface area contributed by atoms with Crippen LogP contribution < -0.4 is 0 Å². The van der Waals surface area contributed by atoms with Gasteiger partial charge in [0.25, 0.3) is 0 Å². The second kappa shape index (κ2) is 11.3. The normalized spacial score (nSPS) is 14.1. The van der Waals surface area contributed by atoms with Crippen molar-refractivity contribution >= 4 is 35.2 Å². The molecule has 0 saturated carbocycles. The largest absolute Gasteiger partial charge is 0.339 e. The molecule has 0 unspecified atom stereocenters. The molecule has 0 aliphatic carbocycles. The van der Waals surface area contributed by atoms with Gasteiger partial charge in [-0.25, -0.2) is 0 Å². The van der Waals surface area contributed by atoms with Gasteiger partial charge in [0, 0.05) is 43.4 Å². The van der Waals surface area contributed by atoms with E-state index in [9.17, 15) is 9.59 Å². The minimum absolute atomic E-state index is 0.153. The number of hydrogen-bond donors (Lipinski definition) is 0. The third kappa shape index (κ3) is 7.09. The molecule has 1 heterocycles. The van der Waals surface area contributed by atoms with Crippen LogP contribution in [0.2, 0.25) is 5.02 Å². The van der Waals surface area contributed by atoms with E-state index in [1.807, 2.05) is 52.3 Å². The van der Waals surface area contributed by atoms with Gasteiger partial charge in [-0.3, -0.25) is 9.59 Å². The van der Waals surface area contributed by atoms with Crippen LogP contribution in [0.15, 0.2) is 54.6 Å². The molecule has 2 aromatic carbocycles. The molecule has 29 heavy (non-hydrogen) atoms. The van der Waals surface area contributed by atoms with Crippen molar-refractivity contribution < 1.29 is 9.59 Å². The summed E-state index contributed by atoms with van der Waals surface area (Å²) in [5, 5.41) is 0.724. The Morgan fingerprint density at radius 1 is 0.828 bits per heavy atom. The first-order chi connectivity index (χ1) is 14.1. The maximum Gasteiger partial charge on any atom is 0.232 e. The summed E-state index contributed by atoms with van der Waals surface area (Å²) in [5.74, 6) is 1.61. The van der Waals surface area contributed by atoms with Crippen molar-refractivity contribution in [3.8, 4) is 0 Å². The number of amides is 2. The number of aryl methyl sites for hydroxylation is 1. The zero-order valence-corrected chi connectivity index (χ0v) is 18.1. The predicted octanol–water partition coefficient (Wildman–Crippen LogP) is 4.27. The fraction of sp³-hybridized carbons (Fsp3) is 0.391. The number of benzene rings is 2. The van der Waals surface area contributed by atoms with Crippen molar-refractivity contribution in [1.82, 2.24) is 9.80 Å². The van der Waals surface area contributed by atoms with E-state index in [-0.39, 0.29) is 11.8 Å². The Bertz CT molecular complexity index is 790. The van der Waals surface area contributed by atoms with E-state index in [1.54, 1.807) is 11.8 Å². The number of carbonyl (C=O) groups excluding carboxylic acids is 2. The van der Waals surface area contributed by atoms with Crippen molar-refractivity contribution in [3.63, 3.8) is 0 Å². The van der Waals surface area contributed by atoms with Gasteiger partial charge in [-0.2, -0.15) is 0 Å². The van der Waals surface area contributed by atoms with Gasteiger partial charge in [-0.1, -0.05) is 54.1 Å². The lowest BCUT2D eigenvalue weighted by Gasteiger charge is -2.35. The molecule has 4 nitrogen and oxygen atoms in total. The second-order valence-electron chi connectivity index (χ2n) is 7.22. The molecule has 2 amide bonds. The Morgan fingerprint density at radius 3 is 2.10 bits per heavy atom. The number of thioether (sulfide) groups is 1. The SMILES string of the molecule is O=C(CCCc1ccccc1)N1CCN(C(=O)CSCc2ccc(Cl)cc2)CC1. The van der Waals surface area contributed by atoms with Crippen LogP contribution in [-0.2, 0) is 21.8 Å². The van der Waals surface area contributed by atoms with Crippen LogP contribution in [0.25, 0.3) is 0 Å². The summed E-state index contributed by atoms with van der Waals surface area (Å²) in [5.41, 5.74) is 2.44. The Labute approximate surface area is 182 Å². The smallest absolute Gasteiger partial charge is 0.232 e. The van der Waals surface area contributed by atoms with Crippen molar-refractivity contribution in [2.75, 3.05) is 31.9 Å². The molecular formula is C23H27ClN2O2S. The topological polar surface area (TPSA) is 40.6 Å². The zero-order chi connectivity index (χ0) is 20.5. The van der Waals surface area contributed by atoms with Gasteiger partial charge in [0.15, 0.2) is 0 Å². The maximum absolute atomic E-state index is 12.4. The molecule has 0 spiro atoms. The average Bonchev–Trinajstić information content (AvgIpc) is 2.76. The molecule has 2 aromatic rings. The van der Waals surface area contributed by atoms with Gasteiger partial charge < -0.3 is 9.80 Å². The third-order valence-electron chi connectivity index (χ3n) is 5.09. The summed E-state index contributed by atoms with van der Waals surface area (Å²) in [6, 6.07) is 18.0. The van der Waals surface area contributed by atoms with E-state index < -0.39 is 0 Å². The number of rotatable bonds is 8. The highest BCUT2D eigenvalue weighted by molar-refractivity contribution is 7.99. The summed E-state index contributed by atoms with van der Waals surface area (Å²) >= 11 is 7.51. The lowest BCUT2D eigenvalue weighted by molar-refractivity contribution is -0.138. The Kier molecular flexibility index (Phi) is 8.44. The van der Waals surface area contributed by atoms with E-state index >= 15 is 0 Å². The molecule has 3 rings (SSSR count). The Balaban J connectivity index is 1.32. The van der Waals surface area contributed by atoms with Crippen molar-refractivity contribution in [3.05, 3.63) is 70.7 Å². The van der Waals surface area contributed by atoms with E-state index in [4.69, 9.17) is 11.6 Å². The summed E-state index contributed by atoms with van der Waals surface area (Å²) < 4.78 is 0. The van der Waals surface area contributed by atoms with Gasteiger partial charge >= 0.3 is 0 Å². The van der Waals surface area contributed by atoms with Crippen molar-refractivity contribution in [1.29, 1.82) is 0 Å². The first-order valence-corrected chi connectivity index (χ1v) is 11.6. The van der Waals surface area contributed by atoms with Gasteiger partial charge in [-0.15, -0.1) is 11.8 Å². The van der Waals surface area contributed by atoms with Crippen LogP contribution >= 0.6 is 23.4 Å². The minimum atomic E-state index is 0.153. The fourth-order valence-corrected chi connectivity index (χ4v) is 4.39. The summed E-state index contributed by atoms with van der Waals surface area (Å²) in [4.78, 5) is 28.6. The van der Waals surface area contributed by atoms with Crippen LogP contribution in [0.4, 0.5) is 0 Å². The second-order valence-corrected chi connectivity index (χ2v) is 8.64. The van der Waals surface area contributed by atoms with Crippen molar-refractivity contribution in [2.45, 2.75) is 25.0 Å². The molecule has 6 heteroatoms. The molecule has 1 fully saturated rings. The van der Waals surface area contributed by atoms with E-state index in [0.717, 1.165) is 29.2 Å². The predicted molar refractivity (Wildman–Crippen MR) is 120 cm³/mol. The molecule has 0 radical (unpaired) electrons. The van der Waals surface area contributed by atoms with E-state index in [0.29, 0.717) is 38.4 Å². The van der Waals surface area contributed by atoms with Gasteiger partial charge in [0.1, 0.15) is 0 Å². The molecule has 1 saturated heterocycles. The molecule has 1 aliphatic rings. The lowest BCUT2D eigenvalue weighted by Crippen LogP contribution is -2.51. The highest BCUT2D eigenvalue weighted by atomic mass is 35.5. The molecule has 0 atom stereocenters. The van der Waals surface area contributed by atoms with E-state index in [2.05, 4.69) is 12.1 Å². The standard InChI is InChI=1S/C23H27ClN2O2S/c24-21-11-9-20(10-12-21)17-29-18-23(28)26-15-13-25(14-16-26)22(27)8-4-7-19-5-2-1-3-6-19/h1-3,5-6,9-12H,4,7-8,13-18H2. The molecule has 0 N–H and O–H groups in total. The average molecular weight is 431 g/mol. The molecule has 0 bridgehead atoms. The number of nitrogens with zero attached hydrogens (tertiary/aromatic N) is 2. The van der Waals surface area contributed by atoms with Crippen LogP contribution in [0.1, 0.15) is 24.0 Å². The number of halogens is 1. The van der Waals surface area contributed by atoms with Crippen LogP contribution in [0.3, 0.4) is 0 Å². The van der Waals surface area contributed by atoms with Crippen LogP contribution in [-0.4, -0.2) is 53.5 Å². The first kappa shape index (κ1) is 21.7. The lowest BCUT2D eigenvalue weighted by atomic mass is 10.1.